The minimum absolute atomic E-state index is 0.0305. The molecule has 45 heavy (non-hydrogen) atoms. The number of hydroxylamine groups is 2. The number of allylic oxidation sites excluding steroid dienone is 5. The predicted molar refractivity (Wildman–Crippen MR) is 195 cm³/mol. The van der Waals surface area contributed by atoms with Crippen LogP contribution in [-0.2, 0) is 18.5 Å². The zero-order valence-corrected chi connectivity index (χ0v) is 33.7. The molecule has 0 bridgehead atoms. The SMILES string of the molecule is C=C1C(=CC=C2CCC[C@]3(C)C(CC)=CC[C@@H]23)C[C@@](ON(C(C)=O)C(C)C)(O[Si](C)(C)C(C)(C)C)C[C@@H]1O[Si](C)(C)C(C)(C)C. The van der Waals surface area contributed by atoms with Crippen molar-refractivity contribution in [3.8, 4) is 0 Å². The van der Waals surface area contributed by atoms with Gasteiger partial charge >= 0.3 is 0 Å². The van der Waals surface area contributed by atoms with Crippen LogP contribution in [0.25, 0.3) is 0 Å². The van der Waals surface area contributed by atoms with Crippen LogP contribution in [0.5, 0.6) is 0 Å². The van der Waals surface area contributed by atoms with Gasteiger partial charge in [-0.2, -0.15) is 0 Å². The van der Waals surface area contributed by atoms with E-state index in [0.717, 1.165) is 30.4 Å². The Hall–Kier alpha value is -1.26. The van der Waals surface area contributed by atoms with Gasteiger partial charge in [0.05, 0.1) is 12.1 Å². The van der Waals surface area contributed by atoms with Gasteiger partial charge in [-0.25, -0.2) is 9.90 Å². The molecule has 0 aromatic rings. The van der Waals surface area contributed by atoms with Crippen LogP contribution in [0, 0.1) is 11.3 Å². The minimum atomic E-state index is -2.36. The van der Waals surface area contributed by atoms with Gasteiger partial charge in [-0.1, -0.05) is 91.3 Å². The first kappa shape index (κ1) is 38.2. The summed E-state index contributed by atoms with van der Waals surface area (Å²) in [7, 11) is -4.55. The fourth-order valence-corrected chi connectivity index (χ4v) is 9.78. The number of carbonyl (C=O) groups is 1. The molecule has 0 aliphatic heterocycles. The van der Waals surface area contributed by atoms with Gasteiger partial charge in [-0.15, -0.1) is 0 Å². The summed E-state index contributed by atoms with van der Waals surface area (Å²) in [5.41, 5.74) is 5.57. The van der Waals surface area contributed by atoms with Gasteiger partial charge in [0.15, 0.2) is 22.4 Å². The van der Waals surface area contributed by atoms with Crippen molar-refractivity contribution in [3.63, 3.8) is 0 Å². The number of hydrogen-bond donors (Lipinski definition) is 0. The number of carbonyl (C=O) groups excluding carboxylic acids is 1. The molecule has 3 aliphatic rings. The Balaban J connectivity index is 2.18. The van der Waals surface area contributed by atoms with Gasteiger partial charge in [0.25, 0.3) is 0 Å². The summed E-state index contributed by atoms with van der Waals surface area (Å²) in [5.74, 6) is -0.611. The van der Waals surface area contributed by atoms with E-state index in [1.54, 1.807) is 18.1 Å². The minimum Gasteiger partial charge on any atom is -0.410 e. The van der Waals surface area contributed by atoms with Crippen molar-refractivity contribution in [3.05, 3.63) is 47.1 Å². The van der Waals surface area contributed by atoms with E-state index < -0.39 is 22.4 Å². The van der Waals surface area contributed by atoms with Crippen molar-refractivity contribution in [2.75, 3.05) is 0 Å². The first-order valence-corrected chi connectivity index (χ1v) is 23.4. The van der Waals surface area contributed by atoms with Gasteiger partial charge < -0.3 is 8.85 Å². The Morgan fingerprint density at radius 3 is 2.20 bits per heavy atom. The summed E-state index contributed by atoms with van der Waals surface area (Å²) in [5, 5.41) is 1.50. The van der Waals surface area contributed by atoms with Crippen LogP contribution in [0.4, 0.5) is 0 Å². The lowest BCUT2D eigenvalue weighted by atomic mass is 9.64. The summed E-state index contributed by atoms with van der Waals surface area (Å²) in [4.78, 5) is 19.8. The van der Waals surface area contributed by atoms with Crippen molar-refractivity contribution in [2.24, 2.45) is 11.3 Å². The van der Waals surface area contributed by atoms with E-state index in [0.29, 0.717) is 18.8 Å². The van der Waals surface area contributed by atoms with Crippen LogP contribution >= 0.6 is 0 Å². The fraction of sp³-hybridized carbons (Fsp3) is 0.763. The molecule has 1 amide bonds. The van der Waals surface area contributed by atoms with E-state index in [1.807, 2.05) is 13.8 Å². The third kappa shape index (κ3) is 8.07. The van der Waals surface area contributed by atoms with Crippen molar-refractivity contribution >= 4 is 22.5 Å². The molecular weight excluding hydrogens is 591 g/mol. The smallest absolute Gasteiger partial charge is 0.243 e. The summed E-state index contributed by atoms with van der Waals surface area (Å²) >= 11 is 0. The molecule has 2 fully saturated rings. The molecule has 256 valence electrons. The van der Waals surface area contributed by atoms with Gasteiger partial charge in [0.2, 0.25) is 5.91 Å². The second-order valence-electron chi connectivity index (χ2n) is 17.7. The molecule has 5 nitrogen and oxygen atoms in total. The Morgan fingerprint density at radius 1 is 1.09 bits per heavy atom. The highest BCUT2D eigenvalue weighted by molar-refractivity contribution is 6.74. The predicted octanol–water partition coefficient (Wildman–Crippen LogP) is 11.0. The van der Waals surface area contributed by atoms with Gasteiger partial charge in [-0.05, 0) is 105 Å². The summed E-state index contributed by atoms with van der Waals surface area (Å²) < 4.78 is 14.5. The van der Waals surface area contributed by atoms with Crippen molar-refractivity contribution < 1.29 is 18.5 Å². The van der Waals surface area contributed by atoms with Crippen molar-refractivity contribution in [2.45, 2.75) is 175 Å². The van der Waals surface area contributed by atoms with Gasteiger partial charge in [-0.3, -0.25) is 4.79 Å². The van der Waals surface area contributed by atoms with Crippen LogP contribution in [0.2, 0.25) is 36.3 Å². The molecule has 0 aromatic heterocycles. The highest BCUT2D eigenvalue weighted by Crippen LogP contribution is 2.56. The van der Waals surface area contributed by atoms with E-state index in [-0.39, 0.29) is 33.5 Å². The maximum Gasteiger partial charge on any atom is 0.243 e. The number of rotatable bonds is 9. The normalized spacial score (nSPS) is 30.2. The molecule has 0 radical (unpaired) electrons. The molecule has 0 spiro atoms. The zero-order valence-electron chi connectivity index (χ0n) is 31.7. The van der Waals surface area contributed by atoms with E-state index in [9.17, 15) is 4.79 Å². The Bertz CT molecular complexity index is 1210. The lowest BCUT2D eigenvalue weighted by Gasteiger charge is -2.52. The molecule has 0 heterocycles. The first-order valence-electron chi connectivity index (χ1n) is 17.5. The molecule has 3 aliphatic carbocycles. The fourth-order valence-electron chi connectivity index (χ4n) is 7.06. The summed E-state index contributed by atoms with van der Waals surface area (Å²) in [6.45, 7) is 37.8. The van der Waals surface area contributed by atoms with Crippen LogP contribution in [0.15, 0.2) is 47.1 Å². The molecule has 0 N–H and O–H groups in total. The second kappa shape index (κ2) is 13.3. The monoisotopic (exact) mass is 657 g/mol. The van der Waals surface area contributed by atoms with Crippen molar-refractivity contribution in [1.29, 1.82) is 0 Å². The molecule has 0 unspecified atom stereocenters. The van der Waals surface area contributed by atoms with Crippen molar-refractivity contribution in [1.82, 2.24) is 5.06 Å². The average Bonchev–Trinajstić information content (AvgIpc) is 3.23. The third-order valence-corrected chi connectivity index (χ3v) is 20.9. The van der Waals surface area contributed by atoms with Crippen LogP contribution < -0.4 is 0 Å². The first-order chi connectivity index (χ1) is 20.4. The standard InChI is InChI=1S/C38H67NO4Si2/c1-17-32-22-23-33-30(19-18-24-37(32,33)12)20-21-31-25-38(42-39(27(2)3)29(5)40,43-45(15,16)36(9,10)11)26-34(28(31)4)41-44(13,14)35(6,7)8/h20-22,27,33-34H,4,17-19,23-26H2,1-3,5-16H3/t33-,34-,37+,38+/m0/s1. The number of amides is 1. The molecule has 7 heteroatoms. The average molecular weight is 658 g/mol. The highest BCUT2D eigenvalue weighted by Gasteiger charge is 2.53. The van der Waals surface area contributed by atoms with Crippen LogP contribution in [0.3, 0.4) is 0 Å². The zero-order chi connectivity index (χ0) is 34.4. The Kier molecular flexibility index (Phi) is 11.3. The lowest BCUT2D eigenvalue weighted by molar-refractivity contribution is -0.325. The Labute approximate surface area is 279 Å². The largest absolute Gasteiger partial charge is 0.410 e. The number of nitrogens with zero attached hydrogens (tertiary/aromatic N) is 1. The highest BCUT2D eigenvalue weighted by atomic mass is 28.4. The maximum atomic E-state index is 13.0. The molecule has 3 rings (SSSR count). The summed E-state index contributed by atoms with van der Waals surface area (Å²) in [6, 6.07) is -0.135. The topological polar surface area (TPSA) is 48.0 Å². The van der Waals surface area contributed by atoms with E-state index >= 15 is 0 Å². The van der Waals surface area contributed by atoms with E-state index in [4.69, 9.17) is 13.7 Å². The second-order valence-corrected chi connectivity index (χ2v) is 27.1. The van der Waals surface area contributed by atoms with E-state index in [1.165, 1.54) is 17.9 Å². The number of hydrogen-bond acceptors (Lipinski definition) is 4. The summed E-state index contributed by atoms with van der Waals surface area (Å²) in [6.07, 6.45) is 13.9. The van der Waals surface area contributed by atoms with Gasteiger partial charge in [0, 0.05) is 19.8 Å². The molecule has 0 aromatic carbocycles. The molecule has 0 saturated heterocycles. The van der Waals surface area contributed by atoms with Gasteiger partial charge in [0.1, 0.15) is 0 Å². The van der Waals surface area contributed by atoms with E-state index in [2.05, 4.69) is 106 Å². The quantitative estimate of drug-likeness (QED) is 0.107. The third-order valence-electron chi connectivity index (χ3n) is 11.9. The Morgan fingerprint density at radius 2 is 1.69 bits per heavy atom. The number of fused-ring (bicyclic) bond motifs is 1. The molecular formula is C38H67NO4Si2. The van der Waals surface area contributed by atoms with Crippen LogP contribution in [-0.4, -0.2) is 45.5 Å². The molecule has 2 saturated carbocycles. The molecule has 4 atom stereocenters. The van der Waals surface area contributed by atoms with Crippen LogP contribution in [0.1, 0.15) is 121 Å². The maximum absolute atomic E-state index is 13.0. The lowest BCUT2D eigenvalue weighted by Crippen LogP contribution is -2.59.